The van der Waals surface area contributed by atoms with E-state index in [9.17, 15) is 9.59 Å². The number of carbonyl (C=O) groups is 2. The fourth-order valence-electron chi connectivity index (χ4n) is 1.14. The van der Waals surface area contributed by atoms with Crippen molar-refractivity contribution in [2.45, 2.75) is 62.7 Å². The Bertz CT molecular complexity index is 278. The third-order valence-corrected chi connectivity index (χ3v) is 2.67. The van der Waals surface area contributed by atoms with Crippen LogP contribution in [0.4, 0.5) is 0 Å². The smallest absolute Gasteiger partial charge is 0.151 e. The van der Waals surface area contributed by atoms with Gasteiger partial charge in [0.25, 0.3) is 0 Å². The van der Waals surface area contributed by atoms with Crippen LogP contribution in [0.15, 0.2) is 0 Å². The van der Waals surface area contributed by atoms with Gasteiger partial charge in [-0.3, -0.25) is 0 Å². The molecule has 0 aromatic carbocycles. The molecule has 0 aromatic heterocycles. The van der Waals surface area contributed by atoms with Gasteiger partial charge in [-0.15, -0.1) is 0 Å². The van der Waals surface area contributed by atoms with Crippen molar-refractivity contribution < 1.29 is 50.4 Å². The van der Waals surface area contributed by atoms with Crippen molar-refractivity contribution in [1.29, 1.82) is 0 Å². The molecule has 0 aliphatic carbocycles. The van der Waals surface area contributed by atoms with Gasteiger partial charge in [0.1, 0.15) is 36.6 Å². The predicted molar refractivity (Wildman–Crippen MR) is 71.5 cm³/mol. The molecule has 0 radical (unpaired) electrons. The third kappa shape index (κ3) is 8.46. The van der Waals surface area contributed by atoms with Crippen LogP contribution in [0.2, 0.25) is 0 Å². The lowest BCUT2D eigenvalue weighted by Crippen LogP contribution is -2.43. The molecule has 132 valence electrons. The zero-order valence-electron chi connectivity index (χ0n) is 12.2. The minimum absolute atomic E-state index is 0.0935. The van der Waals surface area contributed by atoms with Crippen LogP contribution in [0, 0.1) is 0 Å². The van der Waals surface area contributed by atoms with Crippen molar-refractivity contribution in [2.24, 2.45) is 0 Å². The summed E-state index contributed by atoms with van der Waals surface area (Å²) >= 11 is 0. The average Bonchev–Trinajstić information content (AvgIpc) is 2.50. The quantitative estimate of drug-likeness (QED) is 0.200. The highest BCUT2D eigenvalue weighted by molar-refractivity contribution is 5.57. The van der Waals surface area contributed by atoms with Crippen LogP contribution in [-0.2, 0) is 9.59 Å². The van der Waals surface area contributed by atoms with Gasteiger partial charge in [-0.05, 0) is 13.8 Å². The molecule has 0 spiro atoms. The van der Waals surface area contributed by atoms with E-state index < -0.39 is 48.8 Å². The summed E-state index contributed by atoms with van der Waals surface area (Å²) < 4.78 is 0. The Hall–Kier alpha value is -0.980. The summed E-state index contributed by atoms with van der Waals surface area (Å²) in [7, 11) is 0. The number of aliphatic hydroxyl groups excluding tert-OH is 8. The van der Waals surface area contributed by atoms with Crippen molar-refractivity contribution in [1.82, 2.24) is 0 Å². The molecule has 10 nitrogen and oxygen atoms in total. The highest BCUT2D eigenvalue weighted by atomic mass is 16.4. The van der Waals surface area contributed by atoms with Crippen molar-refractivity contribution >= 4 is 12.6 Å². The van der Waals surface area contributed by atoms with Gasteiger partial charge in [-0.25, -0.2) is 0 Å². The molecular formula is C12H24O10. The summed E-state index contributed by atoms with van der Waals surface area (Å²) in [6.07, 6.45) is -11.8. The van der Waals surface area contributed by atoms with E-state index in [0.717, 1.165) is 0 Å². The number of rotatable bonds is 8. The molecule has 0 aliphatic heterocycles. The van der Waals surface area contributed by atoms with Crippen molar-refractivity contribution in [3.63, 3.8) is 0 Å². The molecule has 0 heterocycles. The highest BCUT2D eigenvalue weighted by Crippen LogP contribution is 2.03. The van der Waals surface area contributed by atoms with E-state index in [1.165, 1.54) is 13.8 Å². The van der Waals surface area contributed by atoms with Gasteiger partial charge in [0.15, 0.2) is 12.6 Å². The normalized spacial score (nSPS) is 21.9. The average molecular weight is 328 g/mol. The molecule has 0 unspecified atom stereocenters. The second-order valence-corrected chi connectivity index (χ2v) is 4.70. The first kappa shape index (κ1) is 23.3. The molecule has 0 bridgehead atoms. The van der Waals surface area contributed by atoms with E-state index >= 15 is 0 Å². The molecule has 0 saturated heterocycles. The van der Waals surface area contributed by atoms with E-state index in [1.54, 1.807) is 0 Å². The highest BCUT2D eigenvalue weighted by Gasteiger charge is 2.28. The number of hydrogen-bond donors (Lipinski definition) is 8. The predicted octanol–water partition coefficient (Wildman–Crippen LogP) is -4.70. The lowest BCUT2D eigenvalue weighted by molar-refractivity contribution is -0.132. The molecular weight excluding hydrogens is 304 g/mol. The van der Waals surface area contributed by atoms with Crippen molar-refractivity contribution in [3.05, 3.63) is 0 Å². The monoisotopic (exact) mass is 328 g/mol. The first-order chi connectivity index (χ1) is 10.0. The molecule has 8 N–H and O–H groups in total. The van der Waals surface area contributed by atoms with Crippen LogP contribution < -0.4 is 0 Å². The van der Waals surface area contributed by atoms with Gasteiger partial charge in [-0.2, -0.15) is 0 Å². The molecule has 0 fully saturated rings. The van der Waals surface area contributed by atoms with E-state index in [0.29, 0.717) is 0 Å². The fourth-order valence-corrected chi connectivity index (χ4v) is 1.14. The van der Waals surface area contributed by atoms with Gasteiger partial charge in [0, 0.05) is 0 Å². The van der Waals surface area contributed by atoms with Gasteiger partial charge in [-0.1, -0.05) is 0 Å². The van der Waals surface area contributed by atoms with Crippen molar-refractivity contribution in [2.75, 3.05) is 0 Å². The number of aliphatic hydroxyl groups is 8. The Kier molecular flexibility index (Phi) is 12.2. The van der Waals surface area contributed by atoms with E-state index in [4.69, 9.17) is 40.9 Å². The standard InChI is InChI=1S/2C6H12O5/c2*1-3(8)5(10)6(11)4(9)2-7/h2*2-6,8-11H,1H3/t3-,4+,5-,6-;3-,4-,5-,6-/m10/s1. The summed E-state index contributed by atoms with van der Waals surface area (Å²) in [6, 6.07) is 0. The zero-order chi connectivity index (χ0) is 18.0. The largest absolute Gasteiger partial charge is 0.391 e. The minimum Gasteiger partial charge on any atom is -0.391 e. The zero-order valence-corrected chi connectivity index (χ0v) is 12.2. The first-order valence-corrected chi connectivity index (χ1v) is 6.36. The Balaban J connectivity index is 0. The first-order valence-electron chi connectivity index (χ1n) is 6.36. The molecule has 0 amide bonds. The summed E-state index contributed by atoms with van der Waals surface area (Å²) in [5, 5.41) is 70.2. The third-order valence-electron chi connectivity index (χ3n) is 2.67. The Morgan fingerprint density at radius 3 is 0.909 bits per heavy atom. The van der Waals surface area contributed by atoms with Crippen LogP contribution >= 0.6 is 0 Å². The van der Waals surface area contributed by atoms with Crippen LogP contribution in [0.5, 0.6) is 0 Å². The number of hydrogen-bond acceptors (Lipinski definition) is 10. The topological polar surface area (TPSA) is 196 Å². The maximum absolute atomic E-state index is 9.87. The van der Waals surface area contributed by atoms with Crippen LogP contribution in [0.1, 0.15) is 13.8 Å². The van der Waals surface area contributed by atoms with E-state index in [-0.39, 0.29) is 12.6 Å². The molecule has 0 aromatic rings. The lowest BCUT2D eigenvalue weighted by Gasteiger charge is -2.21. The maximum atomic E-state index is 9.87. The van der Waals surface area contributed by atoms with E-state index in [1.807, 2.05) is 0 Å². The maximum Gasteiger partial charge on any atom is 0.151 e. The summed E-state index contributed by atoms with van der Waals surface area (Å²) in [5.41, 5.74) is 0. The van der Waals surface area contributed by atoms with Gasteiger partial charge in [0.2, 0.25) is 0 Å². The van der Waals surface area contributed by atoms with Crippen LogP contribution in [-0.4, -0.2) is 102 Å². The molecule has 10 heteroatoms. The Morgan fingerprint density at radius 1 is 0.545 bits per heavy atom. The van der Waals surface area contributed by atoms with Gasteiger partial charge < -0.3 is 50.4 Å². The molecule has 0 rings (SSSR count). The Labute approximate surface area is 126 Å². The summed E-state index contributed by atoms with van der Waals surface area (Å²) in [6.45, 7) is 2.48. The Morgan fingerprint density at radius 2 is 0.773 bits per heavy atom. The van der Waals surface area contributed by atoms with Gasteiger partial charge >= 0.3 is 0 Å². The number of aldehydes is 2. The molecule has 0 aliphatic rings. The fraction of sp³-hybridized carbons (Fsp3) is 0.833. The molecule has 0 saturated carbocycles. The minimum atomic E-state index is -1.65. The SMILES string of the molecule is C[C@@H](O)[C@@H](O)[C@H](O)[C@@H](O)C=O.C[C@H](O)[C@H](O)[C@@H](O)[C@@H](O)C=O. The van der Waals surface area contributed by atoms with Crippen LogP contribution in [0.3, 0.4) is 0 Å². The summed E-state index contributed by atoms with van der Waals surface area (Å²) in [5.74, 6) is 0. The van der Waals surface area contributed by atoms with Crippen molar-refractivity contribution in [3.8, 4) is 0 Å². The van der Waals surface area contributed by atoms with E-state index in [2.05, 4.69) is 0 Å². The van der Waals surface area contributed by atoms with Gasteiger partial charge in [0.05, 0.1) is 12.2 Å². The molecule has 22 heavy (non-hydrogen) atoms. The second kappa shape index (κ2) is 11.6. The second-order valence-electron chi connectivity index (χ2n) is 4.70. The summed E-state index contributed by atoms with van der Waals surface area (Å²) in [4.78, 5) is 19.7. The number of carbonyl (C=O) groups excluding carboxylic acids is 2. The lowest BCUT2D eigenvalue weighted by atomic mass is 10.1. The molecule has 8 atom stereocenters. The van der Waals surface area contributed by atoms with Crippen LogP contribution in [0.25, 0.3) is 0 Å².